The number of nitrogens with zero attached hydrogens (tertiary/aromatic N) is 1. The van der Waals surface area contributed by atoms with Crippen LogP contribution >= 0.6 is 11.3 Å². The number of aromatic nitrogens is 1. The molecule has 6 N–H and O–H groups in total. The van der Waals surface area contributed by atoms with E-state index < -0.39 is 16.9 Å². The van der Waals surface area contributed by atoms with Crippen LogP contribution in [0.5, 0.6) is 11.5 Å². The summed E-state index contributed by atoms with van der Waals surface area (Å²) in [4.78, 5) is 42.9. The van der Waals surface area contributed by atoms with Gasteiger partial charge >= 0.3 is 0 Å². The summed E-state index contributed by atoms with van der Waals surface area (Å²) in [5.41, 5.74) is 1.08. The number of benzene rings is 2. The summed E-state index contributed by atoms with van der Waals surface area (Å²) in [7, 11) is 8.40. The zero-order chi connectivity index (χ0) is 32.0. The Balaban J connectivity index is 1.60. The number of methoxy groups -OCH3 is 2. The van der Waals surface area contributed by atoms with Gasteiger partial charge in [0.05, 0.1) is 37.4 Å². The summed E-state index contributed by atoms with van der Waals surface area (Å²) in [5, 5.41) is 27.9. The number of ether oxygens (including phenoxy) is 2. The molecule has 1 aliphatic carbocycles. The molecule has 0 spiro atoms. The van der Waals surface area contributed by atoms with Crippen molar-refractivity contribution in [2.45, 2.75) is 18.1 Å². The van der Waals surface area contributed by atoms with Gasteiger partial charge in [0.15, 0.2) is 5.75 Å². The predicted octanol–water partition coefficient (Wildman–Crippen LogP) is 0.525. The highest BCUT2D eigenvalue weighted by Crippen LogP contribution is 2.39. The lowest BCUT2D eigenvalue weighted by Crippen LogP contribution is -2.52. The first kappa shape index (κ1) is 32.1. The standard InChI is InChI=1S/C28H32B3N7O5S/c1-42-16-10-8-15(9-11-16)35-25(40)20-13-34-27(44-20)17-4-3-5-18(23(17)43-2)36-19(22(33)26(41)38-28(29,30)31)12-21(32)37-24(39)14-6-7-14/h3-5,8-14,33,36H,6-7,29-31H2,1-2H3,(H,35,40)(H,38,41)(H2,32,37,39)/b19-12+,33-22?. The number of rotatable bonds is 12. The van der Waals surface area contributed by atoms with Crippen LogP contribution in [0.3, 0.4) is 0 Å². The number of amidine groups is 1. The van der Waals surface area contributed by atoms with Crippen molar-refractivity contribution >= 4 is 75.5 Å². The molecule has 224 valence electrons. The summed E-state index contributed by atoms with van der Waals surface area (Å²) in [5.74, 6) is -0.643. The molecule has 1 aliphatic rings. The van der Waals surface area contributed by atoms with E-state index in [0.29, 0.717) is 38.3 Å². The van der Waals surface area contributed by atoms with Crippen molar-refractivity contribution in [3.05, 3.63) is 65.3 Å². The normalized spacial score (nSPS) is 12.9. The number of carbonyl (C=O) groups is 3. The molecule has 0 atom stereocenters. The highest BCUT2D eigenvalue weighted by molar-refractivity contribution is 7.17. The zero-order valence-electron chi connectivity index (χ0n) is 25.1. The van der Waals surface area contributed by atoms with Gasteiger partial charge in [-0.3, -0.25) is 25.2 Å². The van der Waals surface area contributed by atoms with E-state index in [-0.39, 0.29) is 29.3 Å². The Labute approximate surface area is 261 Å². The quantitative estimate of drug-likeness (QED) is 0.0983. The monoisotopic (exact) mass is 611 g/mol. The minimum atomic E-state index is -0.667. The Morgan fingerprint density at radius 2 is 1.73 bits per heavy atom. The first-order valence-electron chi connectivity index (χ1n) is 13.8. The van der Waals surface area contributed by atoms with Crippen LogP contribution in [0.1, 0.15) is 22.5 Å². The molecule has 1 saturated carbocycles. The molecular weight excluding hydrogens is 579 g/mol. The number of hydrogen-bond acceptors (Lipinski definition) is 10. The Morgan fingerprint density at radius 1 is 1.02 bits per heavy atom. The number of para-hydroxylation sites is 1. The van der Waals surface area contributed by atoms with E-state index in [2.05, 4.69) is 26.3 Å². The van der Waals surface area contributed by atoms with Crippen LogP contribution in [0.25, 0.3) is 10.6 Å². The van der Waals surface area contributed by atoms with Gasteiger partial charge < -0.3 is 30.7 Å². The average Bonchev–Trinajstić information content (AvgIpc) is 3.72. The molecule has 16 heteroatoms. The molecule has 0 aliphatic heterocycles. The lowest BCUT2D eigenvalue weighted by molar-refractivity contribution is -0.120. The molecule has 44 heavy (non-hydrogen) atoms. The molecule has 0 bridgehead atoms. The van der Waals surface area contributed by atoms with Gasteiger partial charge in [-0.15, -0.1) is 11.3 Å². The minimum Gasteiger partial charge on any atom is -0.497 e. The SMILES string of the molecule is BC(B)(B)NC(=O)C(=N)/C(=C\C(=N)NC(=O)C1CC1)Nc1cccc(-c2ncc(C(=O)Nc3ccc(OC)cc3)s2)c1OC. The summed E-state index contributed by atoms with van der Waals surface area (Å²) in [6.07, 6.45) is 4.23. The van der Waals surface area contributed by atoms with Gasteiger partial charge in [0.2, 0.25) is 5.91 Å². The fourth-order valence-corrected chi connectivity index (χ4v) is 4.83. The Kier molecular flexibility index (Phi) is 9.94. The van der Waals surface area contributed by atoms with Crippen LogP contribution in [-0.4, -0.2) is 77.2 Å². The lowest BCUT2D eigenvalue weighted by Gasteiger charge is -2.22. The fraction of sp³-hybridized carbons (Fsp3) is 0.214. The van der Waals surface area contributed by atoms with E-state index >= 15 is 0 Å². The van der Waals surface area contributed by atoms with Crippen molar-refractivity contribution in [1.29, 1.82) is 10.8 Å². The maximum absolute atomic E-state index is 12.9. The Bertz CT molecular complexity index is 1630. The largest absolute Gasteiger partial charge is 0.497 e. The molecule has 12 nitrogen and oxygen atoms in total. The molecule has 4 rings (SSSR count). The van der Waals surface area contributed by atoms with E-state index in [4.69, 9.17) is 20.3 Å². The van der Waals surface area contributed by atoms with Crippen molar-refractivity contribution < 1.29 is 23.9 Å². The fourth-order valence-electron chi connectivity index (χ4n) is 4.00. The molecule has 1 heterocycles. The number of nitrogens with one attached hydrogen (secondary N) is 6. The third kappa shape index (κ3) is 8.37. The molecule has 1 aromatic heterocycles. The van der Waals surface area contributed by atoms with E-state index in [1.54, 1.807) is 73.1 Å². The molecule has 2 aromatic carbocycles. The summed E-state index contributed by atoms with van der Waals surface area (Å²) >= 11 is 1.16. The van der Waals surface area contributed by atoms with Crippen LogP contribution in [0.2, 0.25) is 0 Å². The number of anilines is 2. The van der Waals surface area contributed by atoms with E-state index in [1.807, 2.05) is 0 Å². The molecule has 3 aromatic rings. The van der Waals surface area contributed by atoms with Crippen LogP contribution < -0.4 is 30.7 Å². The molecule has 3 amide bonds. The zero-order valence-corrected chi connectivity index (χ0v) is 25.9. The van der Waals surface area contributed by atoms with Crippen molar-refractivity contribution in [2.75, 3.05) is 24.9 Å². The third-order valence-corrected chi connectivity index (χ3v) is 7.31. The topological polar surface area (TPSA) is 178 Å². The van der Waals surface area contributed by atoms with Crippen molar-refractivity contribution in [1.82, 2.24) is 15.6 Å². The van der Waals surface area contributed by atoms with Crippen LogP contribution in [0.15, 0.2) is 60.4 Å². The molecular formula is C28H32B3N7O5S. The van der Waals surface area contributed by atoms with Crippen molar-refractivity contribution in [3.8, 4) is 22.1 Å². The highest BCUT2D eigenvalue weighted by Gasteiger charge is 2.30. The second kappa shape index (κ2) is 13.6. The minimum absolute atomic E-state index is 0.0259. The van der Waals surface area contributed by atoms with Crippen molar-refractivity contribution in [3.63, 3.8) is 0 Å². The number of thiazole rings is 1. The number of carbonyl (C=O) groups excluding carboxylic acids is 3. The van der Waals surface area contributed by atoms with E-state index in [0.717, 1.165) is 24.2 Å². The summed E-state index contributed by atoms with van der Waals surface area (Å²) in [6, 6.07) is 12.1. The third-order valence-electron chi connectivity index (χ3n) is 6.28. The average molecular weight is 611 g/mol. The van der Waals surface area contributed by atoms with Gasteiger partial charge in [-0.1, -0.05) is 6.07 Å². The van der Waals surface area contributed by atoms with Gasteiger partial charge in [0.25, 0.3) is 11.8 Å². The van der Waals surface area contributed by atoms with Crippen LogP contribution in [0.4, 0.5) is 11.4 Å². The molecule has 0 saturated heterocycles. The van der Waals surface area contributed by atoms with Crippen LogP contribution in [-0.2, 0) is 9.59 Å². The second-order valence-electron chi connectivity index (χ2n) is 11.0. The van der Waals surface area contributed by atoms with Crippen LogP contribution in [0, 0.1) is 16.7 Å². The first-order chi connectivity index (χ1) is 20.9. The van der Waals surface area contributed by atoms with Gasteiger partial charge in [-0.2, -0.15) is 0 Å². The Morgan fingerprint density at radius 3 is 2.34 bits per heavy atom. The molecule has 0 unspecified atom stereocenters. The molecule has 0 radical (unpaired) electrons. The summed E-state index contributed by atoms with van der Waals surface area (Å²) < 4.78 is 10.9. The Hall–Kier alpha value is -4.85. The lowest BCUT2D eigenvalue weighted by atomic mass is 9.49. The van der Waals surface area contributed by atoms with Gasteiger partial charge in [-0.25, -0.2) is 4.98 Å². The summed E-state index contributed by atoms with van der Waals surface area (Å²) in [6.45, 7) is 0. The van der Waals surface area contributed by atoms with Gasteiger partial charge in [-0.05, 0) is 54.5 Å². The smallest absolute Gasteiger partial charge is 0.269 e. The second-order valence-corrected chi connectivity index (χ2v) is 12.1. The van der Waals surface area contributed by atoms with E-state index in [9.17, 15) is 14.4 Å². The number of hydrogen-bond donors (Lipinski definition) is 6. The predicted molar refractivity (Wildman–Crippen MR) is 180 cm³/mol. The number of amides is 3. The van der Waals surface area contributed by atoms with Gasteiger partial charge in [0, 0.05) is 17.7 Å². The molecule has 1 fully saturated rings. The maximum Gasteiger partial charge on any atom is 0.269 e. The van der Waals surface area contributed by atoms with Gasteiger partial charge in [0.1, 0.15) is 50.7 Å². The highest BCUT2D eigenvalue weighted by atomic mass is 32.1. The maximum atomic E-state index is 12.9. The van der Waals surface area contributed by atoms with Crippen molar-refractivity contribution in [2.24, 2.45) is 5.92 Å². The first-order valence-corrected chi connectivity index (χ1v) is 14.6. The van der Waals surface area contributed by atoms with E-state index in [1.165, 1.54) is 19.4 Å².